The molecule has 0 aliphatic heterocycles. The van der Waals surface area contributed by atoms with E-state index in [4.69, 9.17) is 0 Å². The standard InChI is InChI=1S/C15H13BrN2O4/c1-22-15(19)11-3-2-4-12(8-11)17-9-10-5-6-13(16)14(7-10)18(20)21/h2-8,17H,9H2,1H3. The number of nitrogens with zero attached hydrogens (tertiary/aromatic N) is 1. The third-order valence-electron chi connectivity index (χ3n) is 2.99. The molecular weight excluding hydrogens is 352 g/mol. The summed E-state index contributed by atoms with van der Waals surface area (Å²) in [6.07, 6.45) is 0. The molecule has 0 heterocycles. The molecule has 0 radical (unpaired) electrons. The number of anilines is 1. The molecule has 114 valence electrons. The van der Waals surface area contributed by atoms with E-state index in [1.807, 2.05) is 0 Å². The van der Waals surface area contributed by atoms with Gasteiger partial charge in [-0.25, -0.2) is 4.79 Å². The van der Waals surface area contributed by atoms with Gasteiger partial charge >= 0.3 is 5.97 Å². The predicted octanol–water partition coefficient (Wildman–Crippen LogP) is 3.76. The van der Waals surface area contributed by atoms with Crippen LogP contribution in [0.15, 0.2) is 46.9 Å². The predicted molar refractivity (Wildman–Crippen MR) is 85.9 cm³/mol. The second kappa shape index (κ2) is 7.04. The van der Waals surface area contributed by atoms with Crippen molar-refractivity contribution in [1.82, 2.24) is 0 Å². The van der Waals surface area contributed by atoms with Crippen LogP contribution in [-0.2, 0) is 11.3 Å². The van der Waals surface area contributed by atoms with E-state index in [-0.39, 0.29) is 5.69 Å². The van der Waals surface area contributed by atoms with Gasteiger partial charge in [0.15, 0.2) is 0 Å². The molecule has 0 aromatic heterocycles. The van der Waals surface area contributed by atoms with Gasteiger partial charge in [-0.05, 0) is 45.8 Å². The van der Waals surface area contributed by atoms with Crippen LogP contribution in [0.3, 0.4) is 0 Å². The van der Waals surface area contributed by atoms with E-state index < -0.39 is 10.9 Å². The number of hydrogen-bond donors (Lipinski definition) is 1. The van der Waals surface area contributed by atoms with Crippen molar-refractivity contribution in [2.24, 2.45) is 0 Å². The van der Waals surface area contributed by atoms with Gasteiger partial charge in [0.25, 0.3) is 5.69 Å². The number of methoxy groups -OCH3 is 1. The normalized spacial score (nSPS) is 10.1. The van der Waals surface area contributed by atoms with Crippen molar-refractivity contribution in [3.8, 4) is 0 Å². The second-order valence-electron chi connectivity index (χ2n) is 4.47. The fourth-order valence-electron chi connectivity index (χ4n) is 1.89. The number of ether oxygens (including phenoxy) is 1. The Morgan fingerprint density at radius 2 is 2.09 bits per heavy atom. The highest BCUT2D eigenvalue weighted by molar-refractivity contribution is 9.10. The first-order valence-electron chi connectivity index (χ1n) is 6.36. The van der Waals surface area contributed by atoms with E-state index in [2.05, 4.69) is 26.0 Å². The molecule has 0 amide bonds. The highest BCUT2D eigenvalue weighted by Crippen LogP contribution is 2.26. The van der Waals surface area contributed by atoms with Gasteiger partial charge in [0.1, 0.15) is 0 Å². The zero-order valence-electron chi connectivity index (χ0n) is 11.7. The quantitative estimate of drug-likeness (QED) is 0.496. The van der Waals surface area contributed by atoms with Crippen LogP contribution < -0.4 is 5.32 Å². The molecule has 0 bridgehead atoms. The van der Waals surface area contributed by atoms with Crippen molar-refractivity contribution in [1.29, 1.82) is 0 Å². The molecule has 2 rings (SSSR count). The van der Waals surface area contributed by atoms with Crippen molar-refractivity contribution in [3.63, 3.8) is 0 Å². The average Bonchev–Trinajstić information content (AvgIpc) is 2.53. The molecule has 0 unspecified atom stereocenters. The molecule has 0 saturated heterocycles. The van der Waals surface area contributed by atoms with Gasteiger partial charge in [-0.2, -0.15) is 0 Å². The summed E-state index contributed by atoms with van der Waals surface area (Å²) in [6.45, 7) is 0.402. The summed E-state index contributed by atoms with van der Waals surface area (Å²) >= 11 is 3.15. The molecule has 0 atom stereocenters. The van der Waals surface area contributed by atoms with Crippen molar-refractivity contribution >= 4 is 33.3 Å². The van der Waals surface area contributed by atoms with Crippen LogP contribution in [0.2, 0.25) is 0 Å². The molecule has 6 nitrogen and oxygen atoms in total. The smallest absolute Gasteiger partial charge is 0.337 e. The van der Waals surface area contributed by atoms with Crippen molar-refractivity contribution < 1.29 is 14.5 Å². The lowest BCUT2D eigenvalue weighted by Crippen LogP contribution is -2.04. The Balaban J connectivity index is 2.12. The number of halogens is 1. The van der Waals surface area contributed by atoms with Crippen LogP contribution in [-0.4, -0.2) is 18.0 Å². The summed E-state index contributed by atoms with van der Waals surface area (Å²) in [5.41, 5.74) is 1.95. The van der Waals surface area contributed by atoms with Crippen LogP contribution in [0, 0.1) is 10.1 Å². The van der Waals surface area contributed by atoms with E-state index in [0.717, 1.165) is 11.3 Å². The summed E-state index contributed by atoms with van der Waals surface area (Å²) in [4.78, 5) is 21.9. The molecule has 0 aliphatic rings. The molecule has 1 N–H and O–H groups in total. The topological polar surface area (TPSA) is 81.5 Å². The van der Waals surface area contributed by atoms with Crippen molar-refractivity contribution in [2.75, 3.05) is 12.4 Å². The number of esters is 1. The lowest BCUT2D eigenvalue weighted by molar-refractivity contribution is -0.385. The fourth-order valence-corrected chi connectivity index (χ4v) is 2.28. The van der Waals surface area contributed by atoms with E-state index >= 15 is 0 Å². The molecule has 2 aromatic rings. The maximum absolute atomic E-state index is 11.5. The largest absolute Gasteiger partial charge is 0.465 e. The van der Waals surface area contributed by atoms with Gasteiger partial charge in [0, 0.05) is 18.3 Å². The Hall–Kier alpha value is -2.41. The average molecular weight is 365 g/mol. The van der Waals surface area contributed by atoms with Gasteiger partial charge in [0.05, 0.1) is 22.1 Å². The first-order valence-corrected chi connectivity index (χ1v) is 7.15. The molecule has 0 aliphatic carbocycles. The Morgan fingerprint density at radius 3 is 2.77 bits per heavy atom. The first kappa shape index (κ1) is 16.0. The van der Waals surface area contributed by atoms with E-state index in [0.29, 0.717) is 16.6 Å². The Kier molecular flexibility index (Phi) is 5.11. The van der Waals surface area contributed by atoms with Gasteiger partial charge in [-0.3, -0.25) is 10.1 Å². The SMILES string of the molecule is COC(=O)c1cccc(NCc2ccc(Br)c([N+](=O)[O-])c2)c1. The van der Waals surface area contributed by atoms with Gasteiger partial charge in [-0.15, -0.1) is 0 Å². The lowest BCUT2D eigenvalue weighted by atomic mass is 10.1. The Labute approximate surface area is 135 Å². The molecular formula is C15H13BrN2O4. The van der Waals surface area contributed by atoms with E-state index in [1.165, 1.54) is 13.2 Å². The van der Waals surface area contributed by atoms with E-state index in [9.17, 15) is 14.9 Å². The lowest BCUT2D eigenvalue weighted by Gasteiger charge is -2.08. The summed E-state index contributed by atoms with van der Waals surface area (Å²) in [6, 6.07) is 11.8. The summed E-state index contributed by atoms with van der Waals surface area (Å²) in [7, 11) is 1.32. The summed E-state index contributed by atoms with van der Waals surface area (Å²) in [5, 5.41) is 14.0. The Bertz CT molecular complexity index is 718. The minimum Gasteiger partial charge on any atom is -0.465 e. The van der Waals surface area contributed by atoms with Crippen LogP contribution >= 0.6 is 15.9 Å². The number of carbonyl (C=O) groups is 1. The van der Waals surface area contributed by atoms with Crippen LogP contribution in [0.1, 0.15) is 15.9 Å². The number of nitro benzene ring substituents is 1. The first-order chi connectivity index (χ1) is 10.5. The maximum atomic E-state index is 11.5. The molecule has 0 fully saturated rings. The number of nitrogens with one attached hydrogen (secondary N) is 1. The number of hydrogen-bond acceptors (Lipinski definition) is 5. The van der Waals surface area contributed by atoms with Gasteiger partial charge in [-0.1, -0.05) is 12.1 Å². The minimum absolute atomic E-state index is 0.0163. The van der Waals surface area contributed by atoms with Crippen molar-refractivity contribution in [2.45, 2.75) is 6.54 Å². The zero-order valence-corrected chi connectivity index (χ0v) is 13.3. The monoisotopic (exact) mass is 364 g/mol. The molecule has 22 heavy (non-hydrogen) atoms. The third-order valence-corrected chi connectivity index (χ3v) is 3.66. The third kappa shape index (κ3) is 3.82. The summed E-state index contributed by atoms with van der Waals surface area (Å²) < 4.78 is 5.10. The summed E-state index contributed by atoms with van der Waals surface area (Å²) in [5.74, 6) is -0.414. The number of carbonyl (C=O) groups excluding carboxylic acids is 1. The molecule has 7 heteroatoms. The van der Waals surface area contributed by atoms with Crippen LogP contribution in [0.25, 0.3) is 0 Å². The highest BCUT2D eigenvalue weighted by atomic mass is 79.9. The number of benzene rings is 2. The highest BCUT2D eigenvalue weighted by Gasteiger charge is 2.12. The van der Waals surface area contributed by atoms with E-state index in [1.54, 1.807) is 36.4 Å². The minimum atomic E-state index is -0.439. The molecule has 0 spiro atoms. The number of nitro groups is 1. The Morgan fingerprint density at radius 1 is 1.32 bits per heavy atom. The van der Waals surface area contributed by atoms with Gasteiger partial charge < -0.3 is 10.1 Å². The van der Waals surface area contributed by atoms with Crippen molar-refractivity contribution in [3.05, 3.63) is 68.2 Å². The fraction of sp³-hybridized carbons (Fsp3) is 0.133. The maximum Gasteiger partial charge on any atom is 0.337 e. The molecule has 0 saturated carbocycles. The van der Waals surface area contributed by atoms with Crippen LogP contribution in [0.4, 0.5) is 11.4 Å². The second-order valence-corrected chi connectivity index (χ2v) is 5.32. The van der Waals surface area contributed by atoms with Crippen LogP contribution in [0.5, 0.6) is 0 Å². The van der Waals surface area contributed by atoms with Gasteiger partial charge in [0.2, 0.25) is 0 Å². The molecule has 2 aromatic carbocycles. The number of rotatable bonds is 5. The zero-order chi connectivity index (χ0) is 16.1.